The van der Waals surface area contributed by atoms with Gasteiger partial charge in [0.2, 0.25) is 0 Å². The Morgan fingerprint density at radius 2 is 2.30 bits per heavy atom. The van der Waals surface area contributed by atoms with Crippen molar-refractivity contribution in [2.24, 2.45) is 0 Å². The average Bonchev–Trinajstić information content (AvgIpc) is 3.03. The third-order valence-electron chi connectivity index (χ3n) is 4.16. The van der Waals surface area contributed by atoms with Crippen LogP contribution in [0.1, 0.15) is 23.7 Å². The van der Waals surface area contributed by atoms with Crippen molar-refractivity contribution in [1.29, 1.82) is 0 Å². The minimum absolute atomic E-state index is 0.367. The van der Waals surface area contributed by atoms with Gasteiger partial charge < -0.3 is 19.7 Å². The summed E-state index contributed by atoms with van der Waals surface area (Å²) >= 11 is 1.59. The Hall–Kier alpha value is -1.86. The monoisotopic (exact) mass is 335 g/mol. The topological polar surface area (TPSA) is 63.7 Å². The zero-order chi connectivity index (χ0) is 16.4. The van der Waals surface area contributed by atoms with E-state index in [0.717, 1.165) is 41.4 Å². The van der Waals surface area contributed by atoms with Crippen LogP contribution in [0.3, 0.4) is 0 Å². The first-order valence-corrected chi connectivity index (χ1v) is 8.53. The Balaban J connectivity index is 2.05. The van der Waals surface area contributed by atoms with Crippen LogP contribution in [0.15, 0.2) is 12.1 Å². The number of carbonyl (C=O) groups excluding carboxylic acids is 1. The Bertz CT molecular complexity index is 716. The fourth-order valence-corrected chi connectivity index (χ4v) is 4.00. The van der Waals surface area contributed by atoms with Gasteiger partial charge in [0.05, 0.1) is 24.5 Å². The second-order valence-corrected chi connectivity index (χ2v) is 6.48. The molecule has 3 rings (SSSR count). The van der Waals surface area contributed by atoms with E-state index in [2.05, 4.69) is 17.1 Å². The molecule has 2 aromatic rings. The molecule has 0 aliphatic carbocycles. The maximum atomic E-state index is 11.8. The third-order valence-corrected chi connectivity index (χ3v) is 5.20. The Morgan fingerprint density at radius 3 is 3.00 bits per heavy atom. The highest BCUT2D eigenvalue weighted by molar-refractivity contribution is 7.22. The van der Waals surface area contributed by atoms with Crippen molar-refractivity contribution < 1.29 is 14.3 Å². The first-order chi connectivity index (χ1) is 11.2. The highest BCUT2D eigenvalue weighted by Crippen LogP contribution is 2.36. The number of nitrogens with zero attached hydrogens (tertiary/aromatic N) is 2. The lowest BCUT2D eigenvalue weighted by atomic mass is 10.1. The van der Waals surface area contributed by atoms with E-state index in [1.165, 1.54) is 7.11 Å². The second-order valence-electron chi connectivity index (χ2n) is 5.47. The van der Waals surface area contributed by atoms with Gasteiger partial charge in [-0.25, -0.2) is 9.78 Å². The molecule has 1 aromatic heterocycles. The summed E-state index contributed by atoms with van der Waals surface area (Å²) in [5.74, 6) is 0.238. The number of benzene rings is 1. The molecule has 1 unspecified atom stereocenters. The van der Waals surface area contributed by atoms with Gasteiger partial charge >= 0.3 is 5.97 Å². The van der Waals surface area contributed by atoms with Gasteiger partial charge in [-0.3, -0.25) is 0 Å². The SMILES string of the molecule is CCC1CNCCN1c1nc2c(OC)cc(C(=O)OC)cc2s1. The van der Waals surface area contributed by atoms with E-state index in [0.29, 0.717) is 17.4 Å². The zero-order valence-electron chi connectivity index (χ0n) is 13.6. The van der Waals surface area contributed by atoms with Crippen molar-refractivity contribution in [3.63, 3.8) is 0 Å². The molecule has 0 saturated carbocycles. The quantitative estimate of drug-likeness (QED) is 0.865. The molecule has 0 amide bonds. The van der Waals surface area contributed by atoms with Crippen molar-refractivity contribution in [3.05, 3.63) is 17.7 Å². The summed E-state index contributed by atoms with van der Waals surface area (Å²) in [4.78, 5) is 18.9. The number of anilines is 1. The molecule has 0 bridgehead atoms. The lowest BCUT2D eigenvalue weighted by molar-refractivity contribution is 0.0600. The summed E-state index contributed by atoms with van der Waals surface area (Å²) in [7, 11) is 2.97. The predicted octanol–water partition coefficient (Wildman–Crippen LogP) is 2.28. The number of hydrogen-bond donors (Lipinski definition) is 1. The molecule has 124 valence electrons. The molecule has 7 heteroatoms. The van der Waals surface area contributed by atoms with Gasteiger partial charge in [-0.2, -0.15) is 0 Å². The summed E-state index contributed by atoms with van der Waals surface area (Å²) in [6.45, 7) is 5.05. The minimum Gasteiger partial charge on any atom is -0.494 e. The summed E-state index contributed by atoms with van der Waals surface area (Å²) in [6, 6.07) is 3.95. The molecular weight excluding hydrogens is 314 g/mol. The highest BCUT2D eigenvalue weighted by atomic mass is 32.1. The van der Waals surface area contributed by atoms with Crippen molar-refractivity contribution >= 4 is 32.7 Å². The number of aromatic nitrogens is 1. The Kier molecular flexibility index (Phi) is 4.68. The maximum absolute atomic E-state index is 11.8. The van der Waals surface area contributed by atoms with Crippen LogP contribution in [0.2, 0.25) is 0 Å². The molecule has 23 heavy (non-hydrogen) atoms. The van der Waals surface area contributed by atoms with Gasteiger partial charge in [0.25, 0.3) is 0 Å². The number of rotatable bonds is 4. The average molecular weight is 335 g/mol. The Morgan fingerprint density at radius 1 is 1.48 bits per heavy atom. The predicted molar refractivity (Wildman–Crippen MR) is 91.8 cm³/mol. The van der Waals surface area contributed by atoms with Crippen LogP contribution in [0.5, 0.6) is 5.75 Å². The smallest absolute Gasteiger partial charge is 0.338 e. The molecule has 1 N–H and O–H groups in total. The van der Waals surface area contributed by atoms with Crippen LogP contribution in [0, 0.1) is 0 Å². The Labute approximate surface area is 139 Å². The number of nitrogens with one attached hydrogen (secondary N) is 1. The number of carbonyl (C=O) groups is 1. The maximum Gasteiger partial charge on any atom is 0.338 e. The van der Waals surface area contributed by atoms with E-state index in [1.807, 2.05) is 6.07 Å². The number of esters is 1. The molecule has 0 radical (unpaired) electrons. The van der Waals surface area contributed by atoms with Crippen molar-refractivity contribution in [2.75, 3.05) is 38.8 Å². The molecule has 1 fully saturated rings. The molecule has 2 heterocycles. The van der Waals surface area contributed by atoms with E-state index >= 15 is 0 Å². The van der Waals surface area contributed by atoms with Crippen LogP contribution in [0.4, 0.5) is 5.13 Å². The number of thiazole rings is 1. The van der Waals surface area contributed by atoms with E-state index in [-0.39, 0.29) is 5.97 Å². The molecule has 1 aromatic carbocycles. The van der Waals surface area contributed by atoms with Gasteiger partial charge in [0.15, 0.2) is 5.13 Å². The van der Waals surface area contributed by atoms with Crippen LogP contribution < -0.4 is 15.0 Å². The normalized spacial score (nSPS) is 18.2. The fourth-order valence-electron chi connectivity index (χ4n) is 2.88. The van der Waals surface area contributed by atoms with Gasteiger partial charge in [0.1, 0.15) is 11.3 Å². The van der Waals surface area contributed by atoms with Crippen LogP contribution >= 0.6 is 11.3 Å². The van der Waals surface area contributed by atoms with Crippen LogP contribution in [-0.2, 0) is 4.74 Å². The van der Waals surface area contributed by atoms with Crippen LogP contribution in [0.25, 0.3) is 10.2 Å². The standard InChI is InChI=1S/C16H21N3O3S/c1-4-11-9-17-5-6-19(11)16-18-14-12(21-2)7-10(15(20)22-3)8-13(14)23-16/h7-8,11,17H,4-6,9H2,1-3H3. The number of ether oxygens (including phenoxy) is 2. The number of piperazine rings is 1. The van der Waals surface area contributed by atoms with Gasteiger partial charge in [-0.1, -0.05) is 18.3 Å². The summed E-state index contributed by atoms with van der Waals surface area (Å²) in [6.07, 6.45) is 1.06. The molecule has 0 spiro atoms. The number of hydrogen-bond acceptors (Lipinski definition) is 7. The molecule has 1 aliphatic heterocycles. The number of methoxy groups -OCH3 is 2. The van der Waals surface area contributed by atoms with E-state index in [9.17, 15) is 4.79 Å². The largest absolute Gasteiger partial charge is 0.494 e. The van der Waals surface area contributed by atoms with Gasteiger partial charge in [-0.15, -0.1) is 0 Å². The molecule has 1 atom stereocenters. The fraction of sp³-hybridized carbons (Fsp3) is 0.500. The van der Waals surface area contributed by atoms with E-state index in [4.69, 9.17) is 14.5 Å². The van der Waals surface area contributed by atoms with Crippen molar-refractivity contribution in [3.8, 4) is 5.75 Å². The first-order valence-electron chi connectivity index (χ1n) is 7.72. The summed E-state index contributed by atoms with van der Waals surface area (Å²) < 4.78 is 11.2. The lowest BCUT2D eigenvalue weighted by Crippen LogP contribution is -2.51. The summed E-state index contributed by atoms with van der Waals surface area (Å²) in [5, 5.41) is 4.40. The second kappa shape index (κ2) is 6.72. The first kappa shape index (κ1) is 16.0. The molecule has 1 saturated heterocycles. The minimum atomic E-state index is -0.367. The van der Waals surface area contributed by atoms with Crippen molar-refractivity contribution in [2.45, 2.75) is 19.4 Å². The lowest BCUT2D eigenvalue weighted by Gasteiger charge is -2.35. The molecule has 6 nitrogen and oxygen atoms in total. The highest BCUT2D eigenvalue weighted by Gasteiger charge is 2.24. The summed E-state index contributed by atoms with van der Waals surface area (Å²) in [5.41, 5.74) is 1.29. The van der Waals surface area contributed by atoms with Crippen LogP contribution in [-0.4, -0.2) is 50.8 Å². The number of fused-ring (bicyclic) bond motifs is 1. The van der Waals surface area contributed by atoms with E-state index in [1.54, 1.807) is 24.5 Å². The zero-order valence-corrected chi connectivity index (χ0v) is 14.4. The van der Waals surface area contributed by atoms with Gasteiger partial charge in [-0.05, 0) is 18.6 Å². The van der Waals surface area contributed by atoms with Crippen molar-refractivity contribution in [1.82, 2.24) is 10.3 Å². The third kappa shape index (κ3) is 2.98. The van der Waals surface area contributed by atoms with Gasteiger partial charge in [0, 0.05) is 25.7 Å². The molecule has 1 aliphatic rings. The molecular formula is C16H21N3O3S. The van der Waals surface area contributed by atoms with E-state index < -0.39 is 0 Å².